The van der Waals surface area contributed by atoms with Crippen LogP contribution in [0.2, 0.25) is 0 Å². The van der Waals surface area contributed by atoms with Gasteiger partial charge in [-0.1, -0.05) is 42.5 Å². The number of pyridine rings is 1. The molecule has 1 amide bonds. The molecule has 7 nitrogen and oxygen atoms in total. The van der Waals surface area contributed by atoms with Crippen molar-refractivity contribution in [2.24, 2.45) is 0 Å². The molecule has 1 aliphatic rings. The van der Waals surface area contributed by atoms with E-state index in [-0.39, 0.29) is 42.5 Å². The van der Waals surface area contributed by atoms with E-state index in [9.17, 15) is 18.5 Å². The number of benzene rings is 3. The fourth-order valence-electron chi connectivity index (χ4n) is 4.32. The molecule has 1 fully saturated rings. The lowest BCUT2D eigenvalue weighted by molar-refractivity contribution is 0.0700. The Balaban J connectivity index is 1.43. The minimum Gasteiger partial charge on any atom is -0.336 e. The number of sulfonamides is 1. The number of rotatable bonds is 3. The lowest BCUT2D eigenvalue weighted by Gasteiger charge is -2.34. The van der Waals surface area contributed by atoms with E-state index >= 15 is 0 Å². The zero-order valence-corrected chi connectivity index (χ0v) is 18.5. The van der Waals surface area contributed by atoms with Crippen molar-refractivity contribution in [1.82, 2.24) is 14.2 Å². The summed E-state index contributed by atoms with van der Waals surface area (Å²) < 4.78 is 27.5. The number of hydrogen-bond donors (Lipinski definition) is 0. The molecule has 5 rings (SSSR count). The van der Waals surface area contributed by atoms with Crippen molar-refractivity contribution in [2.75, 3.05) is 26.2 Å². The zero-order chi connectivity index (χ0) is 23.0. The fraction of sp³-hybridized carbons (Fsp3) is 0.160. The number of carbonyl (C=O) groups excluding carboxylic acids is 1. The third-order valence-electron chi connectivity index (χ3n) is 6.00. The van der Waals surface area contributed by atoms with E-state index in [4.69, 9.17) is 0 Å². The van der Waals surface area contributed by atoms with Crippen molar-refractivity contribution in [3.8, 4) is 6.07 Å². The summed E-state index contributed by atoms with van der Waals surface area (Å²) in [6.45, 7) is 0.835. The molecule has 2 heterocycles. The van der Waals surface area contributed by atoms with Crippen LogP contribution >= 0.6 is 0 Å². The molecule has 1 aromatic heterocycles. The van der Waals surface area contributed by atoms with Gasteiger partial charge in [0.2, 0.25) is 10.0 Å². The highest BCUT2D eigenvalue weighted by molar-refractivity contribution is 7.89. The van der Waals surface area contributed by atoms with Gasteiger partial charge in [-0.3, -0.25) is 9.78 Å². The molecule has 33 heavy (non-hydrogen) atoms. The molecule has 8 heteroatoms. The van der Waals surface area contributed by atoms with E-state index in [1.54, 1.807) is 23.2 Å². The molecule has 0 atom stereocenters. The third kappa shape index (κ3) is 3.61. The topological polar surface area (TPSA) is 94.4 Å². The lowest BCUT2D eigenvalue weighted by Crippen LogP contribution is -2.50. The van der Waals surface area contributed by atoms with E-state index in [1.807, 2.05) is 48.5 Å². The van der Waals surface area contributed by atoms with Crippen molar-refractivity contribution in [3.05, 3.63) is 84.1 Å². The first-order chi connectivity index (χ1) is 16.0. The average Bonchev–Trinajstić information content (AvgIpc) is 2.88. The number of piperazine rings is 1. The minimum absolute atomic E-state index is 0.00278. The van der Waals surface area contributed by atoms with Crippen LogP contribution in [0, 0.1) is 11.3 Å². The highest BCUT2D eigenvalue weighted by Gasteiger charge is 2.32. The van der Waals surface area contributed by atoms with Gasteiger partial charge in [-0.2, -0.15) is 9.57 Å². The Hall–Kier alpha value is -3.80. The SMILES string of the molecule is N#Cc1ccccc1S(=O)(=O)N1CCN(C(=O)c2cc3ccccc3c3cccnc23)CC1. The summed E-state index contributed by atoms with van der Waals surface area (Å²) in [6, 6.07) is 21.7. The van der Waals surface area contributed by atoms with Gasteiger partial charge in [0.15, 0.2) is 0 Å². The largest absolute Gasteiger partial charge is 0.336 e. The van der Waals surface area contributed by atoms with Crippen LogP contribution in [0.15, 0.2) is 77.8 Å². The molecular weight excluding hydrogens is 436 g/mol. The number of amides is 1. The second-order valence-corrected chi connectivity index (χ2v) is 9.76. The van der Waals surface area contributed by atoms with E-state index in [1.165, 1.54) is 16.4 Å². The molecule has 0 radical (unpaired) electrons. The van der Waals surface area contributed by atoms with Crippen LogP contribution in [0.3, 0.4) is 0 Å². The van der Waals surface area contributed by atoms with Crippen molar-refractivity contribution < 1.29 is 13.2 Å². The summed E-state index contributed by atoms with van der Waals surface area (Å²) in [5.74, 6) is -0.168. The molecule has 3 aromatic carbocycles. The molecule has 1 aliphatic heterocycles. The molecule has 164 valence electrons. The smallest absolute Gasteiger partial charge is 0.256 e. The van der Waals surface area contributed by atoms with Crippen molar-refractivity contribution in [3.63, 3.8) is 0 Å². The number of aromatic nitrogens is 1. The quantitative estimate of drug-likeness (QED) is 0.441. The van der Waals surface area contributed by atoms with Crippen LogP contribution < -0.4 is 0 Å². The second kappa shape index (κ2) is 8.28. The van der Waals surface area contributed by atoms with Gasteiger partial charge in [0.1, 0.15) is 6.07 Å². The minimum atomic E-state index is -3.82. The van der Waals surface area contributed by atoms with Gasteiger partial charge >= 0.3 is 0 Å². The predicted molar refractivity (Wildman–Crippen MR) is 125 cm³/mol. The third-order valence-corrected chi connectivity index (χ3v) is 7.95. The molecule has 0 spiro atoms. The number of carbonyl (C=O) groups is 1. The fourth-order valence-corrected chi connectivity index (χ4v) is 5.88. The molecule has 0 aliphatic carbocycles. The van der Waals surface area contributed by atoms with E-state index in [2.05, 4.69) is 4.98 Å². The van der Waals surface area contributed by atoms with Gasteiger partial charge < -0.3 is 4.90 Å². The first-order valence-corrected chi connectivity index (χ1v) is 12.0. The standard InChI is InChI=1S/C25H20N4O3S/c26-17-19-7-2-4-10-23(19)33(31,32)29-14-12-28(13-15-29)25(30)22-16-18-6-1-3-8-20(18)21-9-5-11-27-24(21)22/h1-11,16H,12-15H2. The monoisotopic (exact) mass is 456 g/mol. The highest BCUT2D eigenvalue weighted by atomic mass is 32.2. The molecule has 0 unspecified atom stereocenters. The molecule has 0 saturated carbocycles. The summed E-state index contributed by atoms with van der Waals surface area (Å²) in [5, 5.41) is 12.2. The Kier molecular flexibility index (Phi) is 5.29. The van der Waals surface area contributed by atoms with Crippen LogP contribution in [-0.4, -0.2) is 54.7 Å². The second-order valence-electron chi connectivity index (χ2n) is 7.85. The van der Waals surface area contributed by atoms with Crippen LogP contribution in [0.4, 0.5) is 0 Å². The maximum atomic E-state index is 13.5. The highest BCUT2D eigenvalue weighted by Crippen LogP contribution is 2.29. The van der Waals surface area contributed by atoms with Gasteiger partial charge in [-0.25, -0.2) is 8.42 Å². The Morgan fingerprint density at radius 3 is 2.39 bits per heavy atom. The summed E-state index contributed by atoms with van der Waals surface area (Å²) in [5.41, 5.74) is 1.26. The molecular formula is C25H20N4O3S. The Labute approximate surface area is 191 Å². The predicted octanol–water partition coefficient (Wildman–Crippen LogP) is 3.41. The summed E-state index contributed by atoms with van der Waals surface area (Å²) >= 11 is 0. The molecule has 1 saturated heterocycles. The van der Waals surface area contributed by atoms with Gasteiger partial charge in [0.25, 0.3) is 5.91 Å². The summed E-state index contributed by atoms with van der Waals surface area (Å²) in [4.78, 5) is 19.6. The van der Waals surface area contributed by atoms with Gasteiger partial charge in [0, 0.05) is 37.8 Å². The Morgan fingerprint density at radius 2 is 1.61 bits per heavy atom. The number of hydrogen-bond acceptors (Lipinski definition) is 5. The number of nitriles is 1. The van der Waals surface area contributed by atoms with Crippen LogP contribution in [0.5, 0.6) is 0 Å². The normalized spacial score (nSPS) is 14.9. The number of nitrogens with zero attached hydrogens (tertiary/aromatic N) is 4. The van der Waals surface area contributed by atoms with Gasteiger partial charge in [-0.15, -0.1) is 0 Å². The van der Waals surface area contributed by atoms with Gasteiger partial charge in [-0.05, 0) is 35.0 Å². The lowest BCUT2D eigenvalue weighted by atomic mass is 10.00. The van der Waals surface area contributed by atoms with Crippen molar-refractivity contribution >= 4 is 37.6 Å². The van der Waals surface area contributed by atoms with E-state index in [0.717, 1.165) is 16.2 Å². The van der Waals surface area contributed by atoms with Crippen LogP contribution in [-0.2, 0) is 10.0 Å². The molecule has 0 bridgehead atoms. The summed E-state index contributed by atoms with van der Waals surface area (Å²) in [6.07, 6.45) is 1.67. The molecule has 0 N–H and O–H groups in total. The van der Waals surface area contributed by atoms with Crippen molar-refractivity contribution in [1.29, 1.82) is 5.26 Å². The van der Waals surface area contributed by atoms with Crippen LogP contribution in [0.25, 0.3) is 21.7 Å². The maximum Gasteiger partial charge on any atom is 0.256 e. The number of fused-ring (bicyclic) bond motifs is 3. The first-order valence-electron chi connectivity index (χ1n) is 10.6. The Bertz CT molecular complexity index is 1530. The maximum absolute atomic E-state index is 13.5. The van der Waals surface area contributed by atoms with Gasteiger partial charge in [0.05, 0.1) is 21.5 Å². The van der Waals surface area contributed by atoms with Crippen molar-refractivity contribution in [2.45, 2.75) is 4.90 Å². The Morgan fingerprint density at radius 1 is 0.909 bits per heavy atom. The molecule has 4 aromatic rings. The summed E-state index contributed by atoms with van der Waals surface area (Å²) in [7, 11) is -3.82. The van der Waals surface area contributed by atoms with E-state index < -0.39 is 10.0 Å². The zero-order valence-electron chi connectivity index (χ0n) is 17.7. The first kappa shape index (κ1) is 21.1. The van der Waals surface area contributed by atoms with E-state index in [0.29, 0.717) is 11.1 Å². The average molecular weight is 457 g/mol. The van der Waals surface area contributed by atoms with Crippen LogP contribution in [0.1, 0.15) is 15.9 Å².